The fraction of sp³-hybridized carbons (Fsp3) is 0.625. The van der Waals surface area contributed by atoms with Crippen LogP contribution in [0.15, 0.2) is 18.2 Å². The lowest BCUT2D eigenvalue weighted by Gasteiger charge is -2.27. The summed E-state index contributed by atoms with van der Waals surface area (Å²) in [5.74, 6) is 0.726. The van der Waals surface area contributed by atoms with Gasteiger partial charge in [-0.2, -0.15) is 0 Å². The van der Waals surface area contributed by atoms with Gasteiger partial charge in [-0.3, -0.25) is 0 Å². The summed E-state index contributed by atoms with van der Waals surface area (Å²) in [7, 11) is 0. The second-order valence-electron chi connectivity index (χ2n) is 5.89. The molecule has 1 aliphatic rings. The Morgan fingerprint density at radius 1 is 1.38 bits per heavy atom. The Hall–Kier alpha value is -0.480. The molecule has 5 heteroatoms. The highest BCUT2D eigenvalue weighted by atomic mass is 35.5. The highest BCUT2D eigenvalue weighted by molar-refractivity contribution is 6.35. The molecule has 3 atom stereocenters. The van der Waals surface area contributed by atoms with Crippen molar-refractivity contribution in [3.05, 3.63) is 28.2 Å². The molecule has 3 unspecified atom stereocenters. The van der Waals surface area contributed by atoms with E-state index in [-0.39, 0.29) is 6.10 Å². The number of anilines is 1. The van der Waals surface area contributed by atoms with Crippen molar-refractivity contribution < 1.29 is 9.84 Å². The molecule has 21 heavy (non-hydrogen) atoms. The van der Waals surface area contributed by atoms with Crippen LogP contribution in [-0.4, -0.2) is 30.5 Å². The highest BCUT2D eigenvalue weighted by Gasteiger charge is 2.20. The van der Waals surface area contributed by atoms with Crippen LogP contribution in [0.1, 0.15) is 32.6 Å². The number of aliphatic hydroxyl groups excluding tert-OH is 1. The Labute approximate surface area is 136 Å². The predicted octanol–water partition coefficient (Wildman–Crippen LogP) is 4.36. The smallest absolute Gasteiger partial charge is 0.0945 e. The number of benzene rings is 1. The van der Waals surface area contributed by atoms with Gasteiger partial charge in [0.1, 0.15) is 0 Å². The van der Waals surface area contributed by atoms with Crippen LogP contribution in [0.5, 0.6) is 0 Å². The quantitative estimate of drug-likeness (QED) is 0.813. The van der Waals surface area contributed by atoms with E-state index >= 15 is 0 Å². The van der Waals surface area contributed by atoms with Gasteiger partial charge < -0.3 is 15.2 Å². The van der Waals surface area contributed by atoms with E-state index in [1.807, 2.05) is 0 Å². The van der Waals surface area contributed by atoms with Gasteiger partial charge in [-0.1, -0.05) is 43.0 Å². The van der Waals surface area contributed by atoms with E-state index in [1.165, 1.54) is 12.8 Å². The van der Waals surface area contributed by atoms with E-state index in [9.17, 15) is 5.11 Å². The van der Waals surface area contributed by atoms with E-state index in [2.05, 4.69) is 12.2 Å². The van der Waals surface area contributed by atoms with Crippen molar-refractivity contribution in [1.82, 2.24) is 0 Å². The van der Waals surface area contributed by atoms with Crippen molar-refractivity contribution in [2.75, 3.05) is 18.5 Å². The monoisotopic (exact) mass is 331 g/mol. The average molecular weight is 332 g/mol. The maximum atomic E-state index is 10.0. The molecule has 0 heterocycles. The van der Waals surface area contributed by atoms with E-state index in [1.54, 1.807) is 18.2 Å². The van der Waals surface area contributed by atoms with E-state index in [0.717, 1.165) is 24.4 Å². The minimum Gasteiger partial charge on any atom is -0.389 e. The fourth-order valence-electron chi connectivity index (χ4n) is 2.70. The van der Waals surface area contributed by atoms with E-state index < -0.39 is 6.10 Å². The van der Waals surface area contributed by atoms with Crippen LogP contribution in [-0.2, 0) is 4.74 Å². The predicted molar refractivity (Wildman–Crippen MR) is 88.3 cm³/mol. The summed E-state index contributed by atoms with van der Waals surface area (Å²) in [5, 5.41) is 14.3. The van der Waals surface area contributed by atoms with Crippen LogP contribution < -0.4 is 5.32 Å². The van der Waals surface area contributed by atoms with Crippen LogP contribution in [0.2, 0.25) is 10.0 Å². The molecule has 0 aliphatic heterocycles. The number of halogens is 2. The number of ether oxygens (including phenoxy) is 1. The first-order valence-electron chi connectivity index (χ1n) is 7.53. The maximum Gasteiger partial charge on any atom is 0.0945 e. The lowest BCUT2D eigenvalue weighted by atomic mass is 9.89. The Balaban J connectivity index is 1.72. The Bertz CT molecular complexity index is 456. The average Bonchev–Trinajstić information content (AvgIpc) is 2.46. The molecule has 1 saturated carbocycles. The summed E-state index contributed by atoms with van der Waals surface area (Å²) in [4.78, 5) is 0. The third kappa shape index (κ3) is 5.67. The highest BCUT2D eigenvalue weighted by Crippen LogP contribution is 2.26. The summed E-state index contributed by atoms with van der Waals surface area (Å²) in [6, 6.07) is 5.22. The third-order valence-electron chi connectivity index (χ3n) is 3.87. The molecular formula is C16H23Cl2NO2. The van der Waals surface area contributed by atoms with Crippen molar-refractivity contribution in [2.24, 2.45) is 5.92 Å². The van der Waals surface area contributed by atoms with Gasteiger partial charge in [-0.15, -0.1) is 0 Å². The van der Waals surface area contributed by atoms with Crippen LogP contribution >= 0.6 is 23.2 Å². The normalized spacial score (nSPS) is 23.8. The fourth-order valence-corrected chi connectivity index (χ4v) is 3.05. The third-order valence-corrected chi connectivity index (χ3v) is 4.43. The first-order chi connectivity index (χ1) is 10.0. The van der Waals surface area contributed by atoms with Gasteiger partial charge in [0, 0.05) is 11.6 Å². The molecule has 1 aromatic rings. The molecule has 1 aromatic carbocycles. The van der Waals surface area contributed by atoms with Crippen molar-refractivity contribution in [3.8, 4) is 0 Å². The zero-order valence-electron chi connectivity index (χ0n) is 12.3. The van der Waals surface area contributed by atoms with Gasteiger partial charge in [0.15, 0.2) is 0 Å². The van der Waals surface area contributed by atoms with Crippen molar-refractivity contribution in [2.45, 2.75) is 44.8 Å². The van der Waals surface area contributed by atoms with Crippen LogP contribution in [0, 0.1) is 5.92 Å². The summed E-state index contributed by atoms with van der Waals surface area (Å²) >= 11 is 12.0. The van der Waals surface area contributed by atoms with Crippen LogP contribution in [0.25, 0.3) is 0 Å². The lowest BCUT2D eigenvalue weighted by molar-refractivity contribution is -0.0274. The first-order valence-corrected chi connectivity index (χ1v) is 8.28. The molecule has 2 N–H and O–H groups in total. The number of rotatable bonds is 6. The molecular weight excluding hydrogens is 309 g/mol. The lowest BCUT2D eigenvalue weighted by Crippen LogP contribution is -2.30. The number of nitrogens with one attached hydrogen (secondary N) is 1. The second-order valence-corrected chi connectivity index (χ2v) is 6.73. The Kier molecular flexibility index (Phi) is 6.62. The SMILES string of the molecule is CC1CCCC(OCC(O)CNc2cc(Cl)ccc2Cl)C1. The zero-order valence-corrected chi connectivity index (χ0v) is 13.8. The molecule has 118 valence electrons. The summed E-state index contributed by atoms with van der Waals surface area (Å²) in [6.07, 6.45) is 4.44. The minimum atomic E-state index is -0.558. The summed E-state index contributed by atoms with van der Waals surface area (Å²) in [6.45, 7) is 3.00. The zero-order chi connectivity index (χ0) is 15.2. The number of aliphatic hydroxyl groups is 1. The molecule has 0 spiro atoms. The molecule has 3 nitrogen and oxygen atoms in total. The molecule has 2 rings (SSSR count). The molecule has 0 aromatic heterocycles. The van der Waals surface area contributed by atoms with Crippen molar-refractivity contribution >= 4 is 28.9 Å². The Morgan fingerprint density at radius 2 is 2.19 bits per heavy atom. The topological polar surface area (TPSA) is 41.5 Å². The molecule has 0 radical (unpaired) electrons. The van der Waals surface area contributed by atoms with Gasteiger partial charge in [0.25, 0.3) is 0 Å². The minimum absolute atomic E-state index is 0.290. The first kappa shape index (κ1) is 16.9. The second kappa shape index (κ2) is 8.23. The molecule has 1 fully saturated rings. The van der Waals surface area contributed by atoms with Gasteiger partial charge in [0.2, 0.25) is 0 Å². The molecule has 1 aliphatic carbocycles. The van der Waals surface area contributed by atoms with Crippen LogP contribution in [0.3, 0.4) is 0 Å². The molecule has 0 amide bonds. The van der Waals surface area contributed by atoms with E-state index in [0.29, 0.717) is 23.2 Å². The Morgan fingerprint density at radius 3 is 2.95 bits per heavy atom. The largest absolute Gasteiger partial charge is 0.389 e. The van der Waals surface area contributed by atoms with E-state index in [4.69, 9.17) is 27.9 Å². The van der Waals surface area contributed by atoms with Gasteiger partial charge in [0.05, 0.1) is 29.5 Å². The summed E-state index contributed by atoms with van der Waals surface area (Å²) < 4.78 is 5.81. The van der Waals surface area contributed by atoms with Crippen molar-refractivity contribution in [3.63, 3.8) is 0 Å². The van der Waals surface area contributed by atoms with Crippen molar-refractivity contribution in [1.29, 1.82) is 0 Å². The van der Waals surface area contributed by atoms with Gasteiger partial charge in [-0.25, -0.2) is 0 Å². The number of hydrogen-bond donors (Lipinski definition) is 2. The maximum absolute atomic E-state index is 10.0. The molecule has 0 saturated heterocycles. The van der Waals surface area contributed by atoms with Crippen LogP contribution in [0.4, 0.5) is 5.69 Å². The number of hydrogen-bond acceptors (Lipinski definition) is 3. The summed E-state index contributed by atoms with van der Waals surface area (Å²) in [5.41, 5.74) is 0.731. The van der Waals surface area contributed by atoms with Gasteiger partial charge >= 0.3 is 0 Å². The standard InChI is InChI=1S/C16H23Cl2NO2/c1-11-3-2-4-14(7-11)21-10-13(20)9-19-16-8-12(17)5-6-15(16)18/h5-6,8,11,13-14,19-20H,2-4,7,9-10H2,1H3. The van der Waals surface area contributed by atoms with Gasteiger partial charge in [-0.05, 0) is 37.0 Å². The molecule has 0 bridgehead atoms.